The summed E-state index contributed by atoms with van der Waals surface area (Å²) in [5.74, 6) is 0.996. The van der Waals surface area contributed by atoms with E-state index in [0.717, 1.165) is 31.1 Å². The first kappa shape index (κ1) is 12.3. The normalized spacial score (nSPS) is 21.3. The second-order valence-electron chi connectivity index (χ2n) is 5.22. The lowest BCUT2D eigenvalue weighted by atomic mass is 10.0. The molecule has 2 N–H and O–H groups in total. The minimum Gasteiger partial charge on any atom is -0.377 e. The molecule has 0 aromatic carbocycles. The van der Waals surface area contributed by atoms with Crippen LogP contribution in [0.5, 0.6) is 0 Å². The van der Waals surface area contributed by atoms with Gasteiger partial charge in [-0.15, -0.1) is 0 Å². The summed E-state index contributed by atoms with van der Waals surface area (Å²) in [5, 5.41) is 0. The molecule has 1 fully saturated rings. The lowest BCUT2D eigenvalue weighted by molar-refractivity contribution is 0.0638. The molecule has 0 radical (unpaired) electrons. The van der Waals surface area contributed by atoms with Crippen molar-refractivity contribution in [2.45, 2.75) is 32.4 Å². The van der Waals surface area contributed by atoms with Gasteiger partial charge >= 0.3 is 0 Å². The van der Waals surface area contributed by atoms with Gasteiger partial charge in [-0.05, 0) is 26.8 Å². The van der Waals surface area contributed by atoms with Crippen LogP contribution in [0, 0.1) is 0 Å². The first-order valence-electron chi connectivity index (χ1n) is 6.08. The molecule has 0 bridgehead atoms. The van der Waals surface area contributed by atoms with Crippen molar-refractivity contribution in [3.63, 3.8) is 0 Å². The molecule has 2 heterocycles. The van der Waals surface area contributed by atoms with Gasteiger partial charge in [0.15, 0.2) is 0 Å². The van der Waals surface area contributed by atoms with Gasteiger partial charge in [0.2, 0.25) is 0 Å². The highest BCUT2D eigenvalue weighted by atomic mass is 16.5. The van der Waals surface area contributed by atoms with E-state index in [1.807, 2.05) is 19.2 Å². The number of hydrogen-bond acceptors (Lipinski definition) is 4. The number of anilines is 1. The predicted molar refractivity (Wildman–Crippen MR) is 69.1 cm³/mol. The highest BCUT2D eigenvalue weighted by Gasteiger charge is 2.32. The fourth-order valence-corrected chi connectivity index (χ4v) is 2.24. The van der Waals surface area contributed by atoms with Gasteiger partial charge in [-0.25, -0.2) is 4.98 Å². The molecule has 2 rings (SSSR count). The molecule has 0 saturated carbocycles. The van der Waals surface area contributed by atoms with E-state index in [9.17, 15) is 0 Å². The molecular formula is C13H21N3O. The van der Waals surface area contributed by atoms with Gasteiger partial charge in [-0.3, -0.25) is 0 Å². The van der Waals surface area contributed by atoms with Crippen LogP contribution in [-0.2, 0) is 4.74 Å². The molecule has 1 aromatic rings. The lowest BCUT2D eigenvalue weighted by Crippen LogP contribution is -2.54. The Balaban J connectivity index is 2.38. The molecule has 0 spiro atoms. The average Bonchev–Trinajstić information content (AvgIpc) is 2.28. The van der Waals surface area contributed by atoms with Crippen molar-refractivity contribution in [2.24, 2.45) is 5.73 Å². The Morgan fingerprint density at radius 3 is 2.94 bits per heavy atom. The molecule has 1 saturated heterocycles. The first-order chi connectivity index (χ1) is 8.02. The number of nitrogens with two attached hydrogens (primary N) is 1. The second kappa shape index (κ2) is 4.63. The van der Waals surface area contributed by atoms with E-state index >= 15 is 0 Å². The quantitative estimate of drug-likeness (QED) is 0.848. The summed E-state index contributed by atoms with van der Waals surface area (Å²) in [4.78, 5) is 6.81. The molecule has 1 aliphatic rings. The van der Waals surface area contributed by atoms with Crippen molar-refractivity contribution >= 4 is 5.82 Å². The number of pyridine rings is 1. The highest BCUT2D eigenvalue weighted by molar-refractivity contribution is 5.50. The molecule has 1 atom stereocenters. The molecule has 94 valence electrons. The van der Waals surface area contributed by atoms with Crippen LogP contribution in [0.15, 0.2) is 18.3 Å². The number of morpholine rings is 1. The van der Waals surface area contributed by atoms with Crippen molar-refractivity contribution in [3.8, 4) is 0 Å². The third-order valence-electron chi connectivity index (χ3n) is 3.21. The number of nitrogens with zero attached hydrogens (tertiary/aromatic N) is 2. The van der Waals surface area contributed by atoms with Crippen molar-refractivity contribution in [1.29, 1.82) is 0 Å². The maximum absolute atomic E-state index is 6.01. The summed E-state index contributed by atoms with van der Waals surface area (Å²) in [7, 11) is 0. The lowest BCUT2D eigenvalue weighted by Gasteiger charge is -2.43. The summed E-state index contributed by atoms with van der Waals surface area (Å²) >= 11 is 0. The molecule has 1 aromatic heterocycles. The summed E-state index contributed by atoms with van der Waals surface area (Å²) in [6, 6.07) is 3.99. The van der Waals surface area contributed by atoms with Crippen LogP contribution < -0.4 is 10.6 Å². The van der Waals surface area contributed by atoms with Crippen LogP contribution in [0.3, 0.4) is 0 Å². The number of rotatable bonds is 2. The van der Waals surface area contributed by atoms with E-state index in [-0.39, 0.29) is 11.6 Å². The fraction of sp³-hybridized carbons (Fsp3) is 0.615. The van der Waals surface area contributed by atoms with E-state index in [1.54, 1.807) is 0 Å². The topological polar surface area (TPSA) is 51.4 Å². The van der Waals surface area contributed by atoms with Gasteiger partial charge in [0.05, 0.1) is 18.8 Å². The van der Waals surface area contributed by atoms with Crippen molar-refractivity contribution in [2.75, 3.05) is 24.7 Å². The van der Waals surface area contributed by atoms with E-state index in [2.05, 4.69) is 29.8 Å². The van der Waals surface area contributed by atoms with E-state index in [1.165, 1.54) is 0 Å². The van der Waals surface area contributed by atoms with Crippen LogP contribution in [0.4, 0.5) is 5.82 Å². The van der Waals surface area contributed by atoms with E-state index in [4.69, 9.17) is 10.5 Å². The van der Waals surface area contributed by atoms with Gasteiger partial charge in [-0.2, -0.15) is 0 Å². The Labute approximate surface area is 103 Å². The molecule has 4 nitrogen and oxygen atoms in total. The Morgan fingerprint density at radius 2 is 2.29 bits per heavy atom. The molecule has 1 aliphatic heterocycles. The largest absolute Gasteiger partial charge is 0.377 e. The fourth-order valence-electron chi connectivity index (χ4n) is 2.24. The number of hydrogen-bond donors (Lipinski definition) is 1. The van der Waals surface area contributed by atoms with Crippen LogP contribution in [0.1, 0.15) is 32.4 Å². The van der Waals surface area contributed by atoms with Crippen molar-refractivity contribution < 1.29 is 4.74 Å². The van der Waals surface area contributed by atoms with Crippen LogP contribution in [0.25, 0.3) is 0 Å². The van der Waals surface area contributed by atoms with Crippen LogP contribution in [-0.4, -0.2) is 30.3 Å². The second-order valence-corrected chi connectivity index (χ2v) is 5.22. The summed E-state index contributed by atoms with van der Waals surface area (Å²) in [5.41, 5.74) is 7.08. The standard InChI is InChI=1S/C13H21N3O/c1-10(14)11-5-4-6-15-12(11)16-7-8-17-9-13(16,2)3/h4-6,10H,7-9,14H2,1-3H3/t10-/m0/s1. The van der Waals surface area contributed by atoms with Crippen LogP contribution >= 0.6 is 0 Å². The Bertz CT molecular complexity index is 390. The SMILES string of the molecule is C[C@H](N)c1cccnc1N1CCOCC1(C)C. The maximum Gasteiger partial charge on any atom is 0.133 e. The Morgan fingerprint density at radius 1 is 1.53 bits per heavy atom. The van der Waals surface area contributed by atoms with Gasteiger partial charge in [-0.1, -0.05) is 6.07 Å². The summed E-state index contributed by atoms with van der Waals surface area (Å²) < 4.78 is 5.54. The number of ether oxygens (including phenoxy) is 1. The molecule has 0 aliphatic carbocycles. The Hall–Kier alpha value is -1.13. The van der Waals surface area contributed by atoms with E-state index < -0.39 is 0 Å². The zero-order chi connectivity index (χ0) is 12.5. The van der Waals surface area contributed by atoms with Gasteiger partial charge in [0.1, 0.15) is 5.82 Å². The zero-order valence-electron chi connectivity index (χ0n) is 10.8. The minimum atomic E-state index is -0.0315. The first-order valence-corrected chi connectivity index (χ1v) is 6.08. The van der Waals surface area contributed by atoms with Gasteiger partial charge < -0.3 is 15.4 Å². The third kappa shape index (κ3) is 2.42. The molecule has 17 heavy (non-hydrogen) atoms. The van der Waals surface area contributed by atoms with Gasteiger partial charge in [0.25, 0.3) is 0 Å². The maximum atomic E-state index is 6.01. The van der Waals surface area contributed by atoms with Crippen molar-refractivity contribution in [1.82, 2.24) is 4.98 Å². The molecule has 0 unspecified atom stereocenters. The summed E-state index contributed by atoms with van der Waals surface area (Å²) in [6.45, 7) is 8.68. The predicted octanol–water partition coefficient (Wildman–Crippen LogP) is 1.72. The van der Waals surface area contributed by atoms with Crippen molar-refractivity contribution in [3.05, 3.63) is 23.9 Å². The monoisotopic (exact) mass is 235 g/mol. The highest BCUT2D eigenvalue weighted by Crippen LogP contribution is 2.30. The molecular weight excluding hydrogens is 214 g/mol. The zero-order valence-corrected chi connectivity index (χ0v) is 10.8. The number of aromatic nitrogens is 1. The third-order valence-corrected chi connectivity index (χ3v) is 3.21. The Kier molecular flexibility index (Phi) is 3.35. The van der Waals surface area contributed by atoms with Crippen LogP contribution in [0.2, 0.25) is 0 Å². The molecule has 0 amide bonds. The smallest absolute Gasteiger partial charge is 0.133 e. The summed E-state index contributed by atoms with van der Waals surface area (Å²) in [6.07, 6.45) is 1.83. The molecule has 4 heteroatoms. The van der Waals surface area contributed by atoms with E-state index in [0.29, 0.717) is 0 Å². The van der Waals surface area contributed by atoms with Gasteiger partial charge in [0, 0.05) is 24.3 Å². The minimum absolute atomic E-state index is 0.00246. The average molecular weight is 235 g/mol.